The monoisotopic (exact) mass is 633 g/mol. The van der Waals surface area contributed by atoms with Crippen LogP contribution in [0.3, 0.4) is 0 Å². The summed E-state index contributed by atoms with van der Waals surface area (Å²) < 4.78 is 25.2. The average Bonchev–Trinajstić information content (AvgIpc) is 3.39. The molecule has 4 heterocycles. The van der Waals surface area contributed by atoms with Crippen LogP contribution in [0.2, 0.25) is 5.02 Å². The van der Waals surface area contributed by atoms with Gasteiger partial charge in [-0.3, -0.25) is 9.48 Å². The molecule has 2 aliphatic heterocycles. The van der Waals surface area contributed by atoms with Crippen LogP contribution < -0.4 is 9.64 Å². The van der Waals surface area contributed by atoms with Crippen LogP contribution in [0.1, 0.15) is 46.1 Å². The van der Waals surface area contributed by atoms with Gasteiger partial charge in [0.15, 0.2) is 5.82 Å². The van der Waals surface area contributed by atoms with Crippen molar-refractivity contribution < 1.29 is 13.9 Å². The molecule has 0 saturated carbocycles. The minimum atomic E-state index is -0.529. The maximum absolute atomic E-state index is 17.0. The number of carbonyl (C=O) groups is 1. The first kappa shape index (κ1) is 31.2. The smallest absolute Gasteiger partial charge is 0.319 e. The van der Waals surface area contributed by atoms with Crippen molar-refractivity contribution in [2.75, 3.05) is 31.1 Å². The summed E-state index contributed by atoms with van der Waals surface area (Å²) in [5.74, 6) is -0.0992. The number of anilines is 1. The van der Waals surface area contributed by atoms with E-state index in [2.05, 4.69) is 35.3 Å². The minimum absolute atomic E-state index is 0.0797. The Morgan fingerprint density at radius 2 is 1.87 bits per heavy atom. The van der Waals surface area contributed by atoms with Gasteiger partial charge in [-0.1, -0.05) is 30.3 Å². The fraction of sp³-hybridized carbons (Fsp3) is 0.471. The lowest BCUT2D eigenvalue weighted by molar-refractivity contribution is -0.128. The summed E-state index contributed by atoms with van der Waals surface area (Å²) in [7, 11) is 1.84. The number of piperidine rings is 1. The summed E-state index contributed by atoms with van der Waals surface area (Å²) >= 11 is 6.99. The van der Waals surface area contributed by atoms with Crippen molar-refractivity contribution in [3.05, 3.63) is 53.5 Å². The number of carbonyl (C=O) groups excluding carboxylic acids is 1. The molecular weight excluding hydrogens is 593 g/mol. The molecule has 0 N–H and O–H groups in total. The topological polar surface area (TPSA) is 79.6 Å². The fourth-order valence-corrected chi connectivity index (χ4v) is 7.14. The largest absolute Gasteiger partial charge is 0.460 e. The van der Waals surface area contributed by atoms with Gasteiger partial charge in [-0.15, -0.1) is 0 Å². The normalized spacial score (nSPS) is 20.0. The first-order valence-corrected chi connectivity index (χ1v) is 16.1. The molecular formula is C34H41ClFN7O2. The van der Waals surface area contributed by atoms with Gasteiger partial charge in [0, 0.05) is 73.3 Å². The molecule has 6 rings (SSSR count). The molecule has 0 unspecified atom stereocenters. The highest BCUT2D eigenvalue weighted by Crippen LogP contribution is 2.43. The first-order chi connectivity index (χ1) is 21.5. The zero-order chi connectivity index (χ0) is 32.2. The molecule has 2 atom stereocenters. The summed E-state index contributed by atoms with van der Waals surface area (Å²) in [6.07, 6.45) is 4.70. The quantitative estimate of drug-likeness (QED) is 0.236. The molecule has 0 aliphatic carbocycles. The zero-order valence-electron chi connectivity index (χ0n) is 26.8. The second-order valence-electron chi connectivity index (χ2n) is 12.7. The van der Waals surface area contributed by atoms with Gasteiger partial charge in [0.25, 0.3) is 0 Å². The number of hydrogen-bond donors (Lipinski definition) is 0. The third-order valence-corrected chi connectivity index (χ3v) is 9.70. The summed E-state index contributed by atoms with van der Waals surface area (Å²) in [5, 5.41) is 6.07. The molecule has 2 saturated heterocycles. The lowest BCUT2D eigenvalue weighted by Crippen LogP contribution is -2.58. The van der Waals surface area contributed by atoms with E-state index >= 15 is 4.39 Å². The van der Waals surface area contributed by atoms with Crippen LogP contribution in [0, 0.1) is 12.7 Å². The van der Waals surface area contributed by atoms with Crippen molar-refractivity contribution in [1.29, 1.82) is 0 Å². The van der Waals surface area contributed by atoms with E-state index < -0.39 is 5.82 Å². The van der Waals surface area contributed by atoms with E-state index in [9.17, 15) is 4.79 Å². The molecule has 4 aromatic rings. The van der Waals surface area contributed by atoms with E-state index in [1.165, 1.54) is 6.08 Å². The van der Waals surface area contributed by atoms with Crippen LogP contribution in [0.25, 0.3) is 32.9 Å². The maximum Gasteiger partial charge on any atom is 0.319 e. The Morgan fingerprint density at radius 3 is 2.56 bits per heavy atom. The number of aryl methyl sites for hydroxylation is 2. The lowest BCUT2D eigenvalue weighted by atomic mass is 9.96. The Hall–Kier alpha value is -3.76. The van der Waals surface area contributed by atoms with Gasteiger partial charge in [0.05, 0.1) is 16.7 Å². The summed E-state index contributed by atoms with van der Waals surface area (Å²) in [5.41, 5.74) is 2.78. The van der Waals surface area contributed by atoms with E-state index in [4.69, 9.17) is 26.3 Å². The number of ether oxygens (including phenoxy) is 1. The molecule has 2 aromatic carbocycles. The Kier molecular flexibility index (Phi) is 8.47. The standard InChI is InChI=1S/C34H41ClFN7O2/c1-8-27(44)42-17-22(6)43(18-21(42)5)33-25-15-26(35)29(28-20(4)9-10-23-16-37-40(7)32(23)28)30(36)31(25)38-34(39-33)45-24-11-13-41(14-12-24)19(2)3/h8-10,15-16,19,21-22,24H,1,11-14,17-18H2,2-7H3/t21-,22+/m1/s1. The summed E-state index contributed by atoms with van der Waals surface area (Å²) in [6.45, 7) is 16.8. The van der Waals surface area contributed by atoms with E-state index in [0.29, 0.717) is 35.9 Å². The SMILES string of the molecule is C=CC(=O)N1C[C@H](C)N(c2nc(OC3CCN(C(C)C)CC3)nc3c(F)c(-c4c(C)ccc5cnn(C)c45)c(Cl)cc23)C[C@H]1C. The highest BCUT2D eigenvalue weighted by molar-refractivity contribution is 6.35. The maximum atomic E-state index is 17.0. The van der Waals surface area contributed by atoms with Crippen LogP contribution in [0.15, 0.2) is 37.1 Å². The van der Waals surface area contributed by atoms with Crippen molar-refractivity contribution in [3.8, 4) is 17.1 Å². The van der Waals surface area contributed by atoms with Crippen LogP contribution in [-0.2, 0) is 11.8 Å². The van der Waals surface area contributed by atoms with E-state index in [-0.39, 0.29) is 46.2 Å². The molecule has 2 fully saturated rings. The van der Waals surface area contributed by atoms with Crippen LogP contribution in [0.4, 0.5) is 10.2 Å². The van der Waals surface area contributed by atoms with E-state index in [1.807, 2.05) is 40.0 Å². The molecule has 9 nitrogen and oxygen atoms in total. The number of likely N-dealkylation sites (tertiary alicyclic amines) is 1. The lowest BCUT2D eigenvalue weighted by Gasteiger charge is -2.44. The van der Waals surface area contributed by atoms with E-state index in [1.54, 1.807) is 21.8 Å². The Bertz CT molecular complexity index is 1780. The highest BCUT2D eigenvalue weighted by Gasteiger charge is 2.34. The van der Waals surface area contributed by atoms with Gasteiger partial charge in [0.2, 0.25) is 5.91 Å². The molecule has 0 bridgehead atoms. The minimum Gasteiger partial charge on any atom is -0.460 e. The number of benzene rings is 2. The fourth-order valence-electron chi connectivity index (χ4n) is 6.85. The molecule has 238 valence electrons. The van der Waals surface area contributed by atoms with Crippen molar-refractivity contribution in [2.24, 2.45) is 7.05 Å². The van der Waals surface area contributed by atoms with Crippen LogP contribution in [-0.4, -0.2) is 85.9 Å². The molecule has 0 spiro atoms. The Balaban J connectivity index is 1.50. The molecule has 11 heteroatoms. The molecule has 45 heavy (non-hydrogen) atoms. The Morgan fingerprint density at radius 1 is 1.13 bits per heavy atom. The Labute approximate surface area is 268 Å². The van der Waals surface area contributed by atoms with Crippen LogP contribution in [0.5, 0.6) is 6.01 Å². The van der Waals surface area contributed by atoms with Gasteiger partial charge < -0.3 is 19.4 Å². The molecule has 0 radical (unpaired) electrons. The number of nitrogens with zero attached hydrogens (tertiary/aromatic N) is 7. The van der Waals surface area contributed by atoms with Crippen molar-refractivity contribution in [3.63, 3.8) is 0 Å². The number of rotatable bonds is 6. The number of amides is 1. The molecule has 1 amide bonds. The highest BCUT2D eigenvalue weighted by atomic mass is 35.5. The third-order valence-electron chi connectivity index (χ3n) is 9.40. The van der Waals surface area contributed by atoms with Crippen molar-refractivity contribution in [2.45, 2.75) is 71.7 Å². The predicted octanol–water partition coefficient (Wildman–Crippen LogP) is 6.15. The van der Waals surface area contributed by atoms with Gasteiger partial charge >= 0.3 is 6.01 Å². The third kappa shape index (κ3) is 5.63. The van der Waals surface area contributed by atoms with Crippen LogP contribution >= 0.6 is 11.6 Å². The summed E-state index contributed by atoms with van der Waals surface area (Å²) in [6, 6.07) is 6.08. The number of aromatic nitrogens is 4. The summed E-state index contributed by atoms with van der Waals surface area (Å²) in [4.78, 5) is 28.6. The first-order valence-electron chi connectivity index (χ1n) is 15.7. The predicted molar refractivity (Wildman–Crippen MR) is 177 cm³/mol. The second kappa shape index (κ2) is 12.2. The number of hydrogen-bond acceptors (Lipinski definition) is 7. The van der Waals surface area contributed by atoms with Gasteiger partial charge in [0.1, 0.15) is 17.4 Å². The molecule has 2 aliphatic rings. The second-order valence-corrected chi connectivity index (χ2v) is 13.1. The van der Waals surface area contributed by atoms with Gasteiger partial charge in [-0.25, -0.2) is 4.39 Å². The van der Waals surface area contributed by atoms with Gasteiger partial charge in [-0.05, 0) is 65.2 Å². The zero-order valence-corrected chi connectivity index (χ0v) is 27.6. The average molecular weight is 634 g/mol. The number of piperazine rings is 1. The van der Waals surface area contributed by atoms with Crippen molar-refractivity contribution in [1.82, 2.24) is 29.5 Å². The number of halogens is 2. The van der Waals surface area contributed by atoms with E-state index in [0.717, 1.165) is 42.4 Å². The number of fused-ring (bicyclic) bond motifs is 2. The molecule has 2 aromatic heterocycles. The van der Waals surface area contributed by atoms with Gasteiger partial charge in [-0.2, -0.15) is 15.1 Å². The van der Waals surface area contributed by atoms with Crippen molar-refractivity contribution >= 4 is 45.1 Å².